The molecule has 1 saturated heterocycles. The zero-order valence-corrected chi connectivity index (χ0v) is 15.9. The van der Waals surface area contributed by atoms with Gasteiger partial charge in [0.15, 0.2) is 0 Å². The fourth-order valence-corrected chi connectivity index (χ4v) is 4.03. The summed E-state index contributed by atoms with van der Waals surface area (Å²) in [6.07, 6.45) is 4.83. The molecule has 1 aromatic carbocycles. The monoisotopic (exact) mass is 358 g/mol. The average molecular weight is 358 g/mol. The van der Waals surface area contributed by atoms with E-state index < -0.39 is 0 Å². The van der Waals surface area contributed by atoms with Crippen molar-refractivity contribution in [1.82, 2.24) is 20.0 Å². The Morgan fingerprint density at radius 2 is 1.58 bits per heavy atom. The predicted molar refractivity (Wildman–Crippen MR) is 102 cm³/mol. The van der Waals surface area contributed by atoms with E-state index in [1.165, 1.54) is 31.2 Å². The van der Waals surface area contributed by atoms with Gasteiger partial charge in [-0.15, -0.1) is 0 Å². The number of carbonyl (C=O) groups is 2. The highest BCUT2D eigenvalue weighted by molar-refractivity contribution is 5.76. The van der Waals surface area contributed by atoms with Crippen LogP contribution in [0.1, 0.15) is 37.3 Å². The van der Waals surface area contributed by atoms with Crippen LogP contribution in [0, 0.1) is 5.92 Å². The van der Waals surface area contributed by atoms with Crippen LogP contribution < -0.4 is 5.32 Å². The molecule has 1 N–H and O–H groups in total. The fourth-order valence-electron chi connectivity index (χ4n) is 4.03. The lowest BCUT2D eigenvalue weighted by molar-refractivity contribution is 0.126. The van der Waals surface area contributed by atoms with E-state index in [9.17, 15) is 9.59 Å². The molecule has 1 heterocycles. The quantitative estimate of drug-likeness (QED) is 0.903. The topological polar surface area (TPSA) is 55.9 Å². The summed E-state index contributed by atoms with van der Waals surface area (Å²) in [5, 5.41) is 3.28. The molecule has 142 valence electrons. The Morgan fingerprint density at radius 3 is 2.15 bits per heavy atom. The Kier molecular flexibility index (Phi) is 6.01. The maximum atomic E-state index is 12.8. The number of piperazine rings is 1. The normalized spacial score (nSPS) is 19.3. The van der Waals surface area contributed by atoms with Crippen molar-refractivity contribution in [3.05, 3.63) is 35.9 Å². The summed E-state index contributed by atoms with van der Waals surface area (Å²) >= 11 is 0. The maximum Gasteiger partial charge on any atom is 0.319 e. The molecule has 26 heavy (non-hydrogen) atoms. The Morgan fingerprint density at radius 1 is 1.00 bits per heavy atom. The average Bonchev–Trinajstić information content (AvgIpc) is 3.20. The van der Waals surface area contributed by atoms with Crippen LogP contribution in [-0.2, 0) is 0 Å². The van der Waals surface area contributed by atoms with Gasteiger partial charge in [0, 0.05) is 40.3 Å². The third-order valence-electron chi connectivity index (χ3n) is 5.53. The number of hydrogen-bond acceptors (Lipinski definition) is 2. The molecule has 0 aromatic heterocycles. The van der Waals surface area contributed by atoms with Gasteiger partial charge in [-0.1, -0.05) is 43.2 Å². The smallest absolute Gasteiger partial charge is 0.319 e. The van der Waals surface area contributed by atoms with Gasteiger partial charge in [0.2, 0.25) is 0 Å². The molecule has 1 unspecified atom stereocenters. The van der Waals surface area contributed by atoms with E-state index in [1.807, 2.05) is 23.1 Å². The van der Waals surface area contributed by atoms with Crippen LogP contribution in [0.15, 0.2) is 30.3 Å². The van der Waals surface area contributed by atoms with Crippen LogP contribution in [-0.4, -0.2) is 67.0 Å². The molecule has 1 atom stereocenters. The molecule has 6 heteroatoms. The highest BCUT2D eigenvalue weighted by Gasteiger charge is 2.30. The summed E-state index contributed by atoms with van der Waals surface area (Å²) in [5.41, 5.74) is 1.19. The van der Waals surface area contributed by atoms with Crippen LogP contribution >= 0.6 is 0 Å². The van der Waals surface area contributed by atoms with Crippen molar-refractivity contribution in [2.24, 2.45) is 5.92 Å². The van der Waals surface area contributed by atoms with Crippen molar-refractivity contribution in [3.63, 3.8) is 0 Å². The molecule has 1 aliphatic carbocycles. The number of hydrogen-bond donors (Lipinski definition) is 1. The Hall–Kier alpha value is -2.24. The van der Waals surface area contributed by atoms with Crippen molar-refractivity contribution in [2.75, 3.05) is 40.3 Å². The lowest BCUT2D eigenvalue weighted by atomic mass is 9.92. The lowest BCUT2D eigenvalue weighted by Gasteiger charge is -2.37. The molecule has 4 amide bonds. The van der Waals surface area contributed by atoms with E-state index in [2.05, 4.69) is 17.4 Å². The second-order valence-corrected chi connectivity index (χ2v) is 7.53. The van der Waals surface area contributed by atoms with E-state index in [0.29, 0.717) is 32.1 Å². The minimum atomic E-state index is -0.0114. The summed E-state index contributed by atoms with van der Waals surface area (Å²) in [6.45, 7) is 2.34. The number of carbonyl (C=O) groups excluding carboxylic acids is 2. The first-order valence-corrected chi connectivity index (χ1v) is 9.63. The van der Waals surface area contributed by atoms with E-state index in [1.54, 1.807) is 23.9 Å². The maximum absolute atomic E-state index is 12.8. The van der Waals surface area contributed by atoms with Gasteiger partial charge in [-0.3, -0.25) is 0 Å². The van der Waals surface area contributed by atoms with Crippen molar-refractivity contribution in [1.29, 1.82) is 0 Å². The summed E-state index contributed by atoms with van der Waals surface area (Å²) < 4.78 is 0. The minimum absolute atomic E-state index is 0.0114. The first-order valence-electron chi connectivity index (χ1n) is 9.63. The number of nitrogens with one attached hydrogen (secondary N) is 1. The number of amides is 4. The van der Waals surface area contributed by atoms with Crippen LogP contribution in [0.2, 0.25) is 0 Å². The van der Waals surface area contributed by atoms with Crippen molar-refractivity contribution in [3.8, 4) is 0 Å². The molecule has 0 spiro atoms. The SMILES string of the molecule is CN(C)C(=O)N1CCN(C(=O)NC(c2ccccc2)C2CCCC2)CC1. The second kappa shape index (κ2) is 8.43. The van der Waals surface area contributed by atoms with Gasteiger partial charge in [-0.05, 0) is 24.3 Å². The van der Waals surface area contributed by atoms with Crippen LogP contribution in [0.4, 0.5) is 9.59 Å². The van der Waals surface area contributed by atoms with E-state index in [-0.39, 0.29) is 18.1 Å². The highest BCUT2D eigenvalue weighted by Crippen LogP contribution is 2.35. The Bertz CT molecular complexity index is 605. The summed E-state index contributed by atoms with van der Waals surface area (Å²) in [5.74, 6) is 0.512. The lowest BCUT2D eigenvalue weighted by Crippen LogP contribution is -2.55. The molecule has 1 saturated carbocycles. The van der Waals surface area contributed by atoms with Crippen LogP contribution in [0.3, 0.4) is 0 Å². The zero-order chi connectivity index (χ0) is 18.5. The first kappa shape index (κ1) is 18.5. The minimum Gasteiger partial charge on any atom is -0.331 e. The third-order valence-corrected chi connectivity index (χ3v) is 5.53. The molecule has 3 rings (SSSR count). The van der Waals surface area contributed by atoms with Crippen molar-refractivity contribution < 1.29 is 9.59 Å². The van der Waals surface area contributed by atoms with E-state index >= 15 is 0 Å². The largest absolute Gasteiger partial charge is 0.331 e. The molecule has 2 aliphatic rings. The summed E-state index contributed by atoms with van der Waals surface area (Å²) in [7, 11) is 3.51. The molecule has 0 radical (unpaired) electrons. The molecular formula is C20H30N4O2. The zero-order valence-electron chi connectivity index (χ0n) is 15.9. The number of benzene rings is 1. The second-order valence-electron chi connectivity index (χ2n) is 7.53. The number of rotatable bonds is 3. The van der Waals surface area contributed by atoms with Crippen LogP contribution in [0.25, 0.3) is 0 Å². The van der Waals surface area contributed by atoms with Crippen molar-refractivity contribution in [2.45, 2.75) is 31.7 Å². The summed E-state index contributed by atoms with van der Waals surface area (Å²) in [4.78, 5) is 30.1. The van der Waals surface area contributed by atoms with Gasteiger partial charge < -0.3 is 20.0 Å². The Labute approximate surface area is 156 Å². The highest BCUT2D eigenvalue weighted by atomic mass is 16.2. The predicted octanol–water partition coefficient (Wildman–Crippen LogP) is 2.93. The molecule has 2 fully saturated rings. The molecular weight excluding hydrogens is 328 g/mol. The first-order chi connectivity index (χ1) is 12.6. The van der Waals surface area contributed by atoms with Gasteiger partial charge >= 0.3 is 12.1 Å². The Balaban J connectivity index is 1.61. The third kappa shape index (κ3) is 4.29. The molecule has 0 bridgehead atoms. The van der Waals surface area contributed by atoms with Gasteiger partial charge in [0.1, 0.15) is 0 Å². The fraction of sp³-hybridized carbons (Fsp3) is 0.600. The number of nitrogens with zero attached hydrogens (tertiary/aromatic N) is 3. The van der Waals surface area contributed by atoms with E-state index in [0.717, 1.165) is 0 Å². The van der Waals surface area contributed by atoms with Gasteiger partial charge in [-0.25, -0.2) is 9.59 Å². The summed E-state index contributed by atoms with van der Waals surface area (Å²) in [6, 6.07) is 10.4. The molecule has 1 aromatic rings. The molecule has 1 aliphatic heterocycles. The number of urea groups is 2. The van der Waals surface area contributed by atoms with Crippen molar-refractivity contribution >= 4 is 12.1 Å². The van der Waals surface area contributed by atoms with Crippen LogP contribution in [0.5, 0.6) is 0 Å². The van der Waals surface area contributed by atoms with E-state index in [4.69, 9.17) is 0 Å². The van der Waals surface area contributed by atoms with Gasteiger partial charge in [-0.2, -0.15) is 0 Å². The standard InChI is InChI=1S/C20H30N4O2/c1-22(2)20(26)24-14-12-23(13-15-24)19(25)21-18(17-10-6-7-11-17)16-8-4-3-5-9-16/h3-5,8-9,17-18H,6-7,10-15H2,1-2H3,(H,21,25). The van der Waals surface area contributed by atoms with Gasteiger partial charge in [0.05, 0.1) is 6.04 Å². The molecule has 6 nitrogen and oxygen atoms in total. The van der Waals surface area contributed by atoms with Gasteiger partial charge in [0.25, 0.3) is 0 Å².